The van der Waals surface area contributed by atoms with Crippen molar-refractivity contribution < 1.29 is 28.9 Å². The van der Waals surface area contributed by atoms with E-state index in [1.165, 1.54) is 12.1 Å². The Balaban J connectivity index is 1.71. The summed E-state index contributed by atoms with van der Waals surface area (Å²) in [6.45, 7) is 8.01. The SMILES string of the molecule is C=CCNC(=O)O[C@@H]1CC[C@]2(C)[C@H](CC[C@@H](O)[C@H]2CC(=O)NCc2ccc(F)cc2)[C@]1(C)CO. The van der Waals surface area contributed by atoms with Crippen LogP contribution in [0.2, 0.25) is 0 Å². The largest absolute Gasteiger partial charge is 0.446 e. The molecule has 0 radical (unpaired) electrons. The molecule has 1 aromatic rings. The Morgan fingerprint density at radius 1 is 1.21 bits per heavy atom. The minimum absolute atomic E-state index is 0.0331. The van der Waals surface area contributed by atoms with Gasteiger partial charge in [0.05, 0.1) is 12.7 Å². The minimum atomic E-state index is -0.693. The van der Waals surface area contributed by atoms with E-state index in [4.69, 9.17) is 4.74 Å². The average molecular weight is 477 g/mol. The maximum atomic E-state index is 13.1. The van der Waals surface area contributed by atoms with Crippen molar-refractivity contribution in [1.29, 1.82) is 0 Å². The average Bonchev–Trinajstić information content (AvgIpc) is 2.81. The van der Waals surface area contributed by atoms with Crippen molar-refractivity contribution >= 4 is 12.0 Å². The van der Waals surface area contributed by atoms with Gasteiger partial charge in [-0.25, -0.2) is 9.18 Å². The number of aliphatic hydroxyl groups is 2. The van der Waals surface area contributed by atoms with Crippen molar-refractivity contribution in [2.45, 2.75) is 64.7 Å². The van der Waals surface area contributed by atoms with E-state index in [-0.39, 0.29) is 43.1 Å². The molecule has 2 fully saturated rings. The van der Waals surface area contributed by atoms with Crippen LogP contribution < -0.4 is 10.6 Å². The smallest absolute Gasteiger partial charge is 0.407 e. The lowest BCUT2D eigenvalue weighted by atomic mass is 9.46. The number of aliphatic hydroxyl groups excluding tert-OH is 2. The number of alkyl carbamates (subject to hydrolysis) is 1. The Morgan fingerprint density at radius 3 is 2.56 bits per heavy atom. The van der Waals surface area contributed by atoms with Gasteiger partial charge < -0.3 is 25.6 Å². The lowest BCUT2D eigenvalue weighted by molar-refractivity contribution is -0.185. The van der Waals surface area contributed by atoms with Crippen molar-refractivity contribution in [2.75, 3.05) is 13.2 Å². The van der Waals surface area contributed by atoms with E-state index in [2.05, 4.69) is 24.1 Å². The van der Waals surface area contributed by atoms with Gasteiger partial charge in [0, 0.05) is 24.9 Å². The Hall–Kier alpha value is -2.45. The number of carbonyl (C=O) groups excluding carboxylic acids is 2. The van der Waals surface area contributed by atoms with Crippen LogP contribution in [0.1, 0.15) is 51.5 Å². The third kappa shape index (κ3) is 5.44. The van der Waals surface area contributed by atoms with Gasteiger partial charge in [-0.2, -0.15) is 0 Å². The number of fused-ring (bicyclic) bond motifs is 1. The first-order valence-electron chi connectivity index (χ1n) is 12.0. The fraction of sp³-hybridized carbons (Fsp3) is 0.615. The highest BCUT2D eigenvalue weighted by molar-refractivity contribution is 5.76. The Labute approximate surface area is 200 Å². The molecular weight excluding hydrogens is 439 g/mol. The van der Waals surface area contributed by atoms with E-state index in [0.29, 0.717) is 32.2 Å². The van der Waals surface area contributed by atoms with Gasteiger partial charge in [0.25, 0.3) is 0 Å². The number of hydrogen-bond acceptors (Lipinski definition) is 5. The van der Waals surface area contributed by atoms with E-state index < -0.39 is 29.1 Å². The standard InChI is InChI=1S/C26H37FN2O5/c1-4-13-28-24(33)34-22-11-12-25(2)19(20(31)9-10-21(25)26(22,3)16-30)14-23(32)29-15-17-5-7-18(27)8-6-17/h4-8,19-22,30-31H,1,9-16H2,2-3H3,(H,28,33)(H,29,32)/t19-,20-,21+,22-,25+,26+/m1/s1. The van der Waals surface area contributed by atoms with Crippen molar-refractivity contribution in [1.82, 2.24) is 10.6 Å². The fourth-order valence-electron chi connectivity index (χ4n) is 6.18. The number of rotatable bonds is 8. The molecule has 0 aromatic heterocycles. The first-order valence-corrected chi connectivity index (χ1v) is 12.0. The summed E-state index contributed by atoms with van der Waals surface area (Å²) in [6.07, 6.45) is 2.47. The molecule has 0 unspecified atom stereocenters. The number of hydrogen-bond donors (Lipinski definition) is 4. The highest BCUT2D eigenvalue weighted by Gasteiger charge is 2.60. The summed E-state index contributed by atoms with van der Waals surface area (Å²) in [5.74, 6) is -0.831. The fourth-order valence-corrected chi connectivity index (χ4v) is 6.18. The van der Waals surface area contributed by atoms with Gasteiger partial charge in [0.2, 0.25) is 5.91 Å². The van der Waals surface area contributed by atoms with E-state index in [9.17, 15) is 24.2 Å². The lowest BCUT2D eigenvalue weighted by Crippen LogP contribution is -2.61. The van der Waals surface area contributed by atoms with E-state index in [1.807, 2.05) is 6.92 Å². The quantitative estimate of drug-likeness (QED) is 0.431. The number of benzene rings is 1. The molecule has 0 aliphatic heterocycles. The monoisotopic (exact) mass is 476 g/mol. The molecule has 2 aliphatic rings. The summed E-state index contributed by atoms with van der Waals surface area (Å²) in [5.41, 5.74) is -0.301. The van der Waals surface area contributed by atoms with Crippen LogP contribution in [0.5, 0.6) is 0 Å². The van der Waals surface area contributed by atoms with Crippen LogP contribution in [0.4, 0.5) is 9.18 Å². The van der Waals surface area contributed by atoms with Crippen molar-refractivity contribution in [3.05, 3.63) is 48.3 Å². The second-order valence-electron chi connectivity index (χ2n) is 10.2. The number of carbonyl (C=O) groups is 2. The predicted molar refractivity (Wildman–Crippen MR) is 126 cm³/mol. The van der Waals surface area contributed by atoms with Gasteiger partial charge in [-0.3, -0.25) is 4.79 Å². The van der Waals surface area contributed by atoms with Crippen LogP contribution in [-0.2, 0) is 16.1 Å². The van der Waals surface area contributed by atoms with E-state index in [1.54, 1.807) is 18.2 Å². The third-order valence-corrected chi connectivity index (χ3v) is 8.12. The second kappa shape index (κ2) is 10.9. The van der Waals surface area contributed by atoms with E-state index in [0.717, 1.165) is 5.56 Å². The molecule has 3 rings (SSSR count). The molecule has 7 nitrogen and oxygen atoms in total. The molecule has 2 amide bonds. The molecule has 6 atom stereocenters. The van der Waals surface area contributed by atoms with Crippen LogP contribution in [-0.4, -0.2) is 47.6 Å². The lowest BCUT2D eigenvalue weighted by Gasteiger charge is -2.60. The number of halogens is 1. The molecule has 2 aliphatic carbocycles. The van der Waals surface area contributed by atoms with Crippen LogP contribution in [0.25, 0.3) is 0 Å². The Kier molecular flexibility index (Phi) is 8.36. The van der Waals surface area contributed by atoms with Crippen molar-refractivity contribution in [2.24, 2.45) is 22.7 Å². The predicted octanol–water partition coefficient (Wildman–Crippen LogP) is 3.30. The molecule has 188 valence electrons. The highest BCUT2D eigenvalue weighted by atomic mass is 19.1. The minimum Gasteiger partial charge on any atom is -0.446 e. The summed E-state index contributed by atoms with van der Waals surface area (Å²) in [5, 5.41) is 26.8. The molecule has 0 bridgehead atoms. The molecule has 0 spiro atoms. The molecule has 0 heterocycles. The van der Waals surface area contributed by atoms with Crippen LogP contribution >= 0.6 is 0 Å². The summed E-state index contributed by atoms with van der Waals surface area (Å²) < 4.78 is 18.8. The van der Waals surface area contributed by atoms with Gasteiger partial charge in [0.15, 0.2) is 0 Å². The number of amides is 2. The topological polar surface area (TPSA) is 108 Å². The normalized spacial score (nSPS) is 32.9. The zero-order valence-corrected chi connectivity index (χ0v) is 20.1. The Morgan fingerprint density at radius 2 is 1.91 bits per heavy atom. The molecule has 4 N–H and O–H groups in total. The summed E-state index contributed by atoms with van der Waals surface area (Å²) in [6, 6.07) is 5.96. The van der Waals surface area contributed by atoms with Gasteiger partial charge in [-0.15, -0.1) is 6.58 Å². The second-order valence-corrected chi connectivity index (χ2v) is 10.2. The zero-order chi connectivity index (χ0) is 24.9. The molecule has 2 saturated carbocycles. The van der Waals surface area contributed by atoms with Crippen molar-refractivity contribution in [3.8, 4) is 0 Å². The third-order valence-electron chi connectivity index (χ3n) is 8.12. The molecule has 34 heavy (non-hydrogen) atoms. The molecule has 1 aromatic carbocycles. The van der Waals surface area contributed by atoms with Crippen molar-refractivity contribution in [3.63, 3.8) is 0 Å². The highest BCUT2D eigenvalue weighted by Crippen LogP contribution is 2.61. The van der Waals surface area contributed by atoms with Crippen LogP contribution in [0.15, 0.2) is 36.9 Å². The summed E-state index contributed by atoms with van der Waals surface area (Å²) in [7, 11) is 0. The number of nitrogens with one attached hydrogen (secondary N) is 2. The molecular formula is C26H37FN2O5. The maximum Gasteiger partial charge on any atom is 0.407 e. The van der Waals surface area contributed by atoms with Gasteiger partial charge in [0.1, 0.15) is 11.9 Å². The van der Waals surface area contributed by atoms with Crippen LogP contribution in [0.3, 0.4) is 0 Å². The molecule has 0 saturated heterocycles. The van der Waals surface area contributed by atoms with Crippen LogP contribution in [0, 0.1) is 28.5 Å². The Bertz CT molecular complexity index is 878. The van der Waals surface area contributed by atoms with Gasteiger partial charge >= 0.3 is 6.09 Å². The van der Waals surface area contributed by atoms with E-state index >= 15 is 0 Å². The van der Waals surface area contributed by atoms with Gasteiger partial charge in [-0.1, -0.05) is 32.1 Å². The molecule has 8 heteroatoms. The summed E-state index contributed by atoms with van der Waals surface area (Å²) >= 11 is 0. The maximum absolute atomic E-state index is 13.1. The first-order chi connectivity index (χ1) is 16.1. The summed E-state index contributed by atoms with van der Waals surface area (Å²) in [4.78, 5) is 25.0. The van der Waals surface area contributed by atoms with Gasteiger partial charge in [-0.05, 0) is 60.6 Å². The first kappa shape index (κ1) is 26.2. The number of ether oxygens (including phenoxy) is 1. The zero-order valence-electron chi connectivity index (χ0n) is 20.1.